The van der Waals surface area contributed by atoms with Gasteiger partial charge in [-0.05, 0) is 32.0 Å². The summed E-state index contributed by atoms with van der Waals surface area (Å²) in [5, 5.41) is 0. The molecule has 15 heavy (non-hydrogen) atoms. The van der Waals surface area contributed by atoms with E-state index < -0.39 is 0 Å². The van der Waals surface area contributed by atoms with Gasteiger partial charge in [0.1, 0.15) is 0 Å². The summed E-state index contributed by atoms with van der Waals surface area (Å²) in [6.45, 7) is 7.53. The van der Waals surface area contributed by atoms with Crippen LogP contribution in [0.5, 0.6) is 0 Å². The number of hydrogen-bond acceptors (Lipinski definition) is 1. The normalized spacial score (nSPS) is 10.9. The fraction of sp³-hybridized carbons (Fsp3) is 0.538. The lowest BCUT2D eigenvalue weighted by atomic mass is 10.1. The molecule has 0 spiro atoms. The zero-order chi connectivity index (χ0) is 11.1. The minimum atomic E-state index is 0.754. The first-order valence-electron chi connectivity index (χ1n) is 5.60. The number of halogens is 1. The van der Waals surface area contributed by atoms with Crippen molar-refractivity contribution in [2.45, 2.75) is 26.8 Å². The van der Waals surface area contributed by atoms with Crippen LogP contribution in [0, 0.1) is 6.92 Å². The molecule has 0 aliphatic heterocycles. The number of benzene rings is 1. The van der Waals surface area contributed by atoms with Crippen molar-refractivity contribution in [3.05, 3.63) is 35.4 Å². The molecule has 0 saturated heterocycles. The quantitative estimate of drug-likeness (QED) is 0.671. The lowest BCUT2D eigenvalue weighted by Crippen LogP contribution is -2.24. The van der Waals surface area contributed by atoms with Gasteiger partial charge in [-0.15, -0.1) is 11.6 Å². The zero-order valence-corrected chi connectivity index (χ0v) is 10.4. The Hall–Kier alpha value is -0.530. The minimum absolute atomic E-state index is 0.754. The third kappa shape index (κ3) is 4.67. The van der Waals surface area contributed by atoms with E-state index in [1.54, 1.807) is 0 Å². The van der Waals surface area contributed by atoms with E-state index >= 15 is 0 Å². The van der Waals surface area contributed by atoms with Crippen LogP contribution in [-0.2, 0) is 6.54 Å². The second-order valence-electron chi connectivity index (χ2n) is 3.90. The van der Waals surface area contributed by atoms with Gasteiger partial charge in [0.2, 0.25) is 0 Å². The van der Waals surface area contributed by atoms with E-state index in [9.17, 15) is 0 Å². The smallest absolute Gasteiger partial charge is 0.0235 e. The summed E-state index contributed by atoms with van der Waals surface area (Å²) in [7, 11) is 0. The summed E-state index contributed by atoms with van der Waals surface area (Å²) in [5.41, 5.74) is 2.71. The van der Waals surface area contributed by atoms with Crippen LogP contribution in [0.2, 0.25) is 0 Å². The summed E-state index contributed by atoms with van der Waals surface area (Å²) < 4.78 is 0. The fourth-order valence-electron chi connectivity index (χ4n) is 1.58. The maximum atomic E-state index is 5.70. The molecule has 0 unspecified atom stereocenters. The van der Waals surface area contributed by atoms with Gasteiger partial charge in [-0.25, -0.2) is 0 Å². The first-order chi connectivity index (χ1) is 7.26. The number of nitrogens with zero attached hydrogens (tertiary/aromatic N) is 1. The third-order valence-corrected chi connectivity index (χ3v) is 2.85. The highest BCUT2D eigenvalue weighted by Gasteiger charge is 2.02. The van der Waals surface area contributed by atoms with Gasteiger partial charge in [-0.1, -0.05) is 36.8 Å². The monoisotopic (exact) mass is 225 g/mol. The van der Waals surface area contributed by atoms with Crippen LogP contribution >= 0.6 is 11.6 Å². The first kappa shape index (κ1) is 12.5. The molecule has 0 N–H and O–H groups in total. The predicted octanol–water partition coefficient (Wildman–Crippen LogP) is 3.45. The van der Waals surface area contributed by atoms with Gasteiger partial charge in [0.25, 0.3) is 0 Å². The van der Waals surface area contributed by atoms with Crippen LogP contribution in [0.3, 0.4) is 0 Å². The standard InChI is InChI=1S/C13H20ClN/c1-3-15(10-4-9-14)11-13-7-5-12(2)6-8-13/h5-8H,3-4,9-11H2,1-2H3. The molecule has 0 saturated carbocycles. The maximum Gasteiger partial charge on any atom is 0.0235 e. The lowest BCUT2D eigenvalue weighted by Gasteiger charge is -2.19. The van der Waals surface area contributed by atoms with Crippen molar-refractivity contribution in [1.82, 2.24) is 4.90 Å². The van der Waals surface area contributed by atoms with Gasteiger partial charge in [-0.2, -0.15) is 0 Å². The summed E-state index contributed by atoms with van der Waals surface area (Å²) >= 11 is 5.70. The molecule has 0 radical (unpaired) electrons. The second-order valence-corrected chi connectivity index (χ2v) is 4.27. The van der Waals surface area contributed by atoms with Crippen LogP contribution < -0.4 is 0 Å². The van der Waals surface area contributed by atoms with E-state index in [4.69, 9.17) is 11.6 Å². The molecule has 1 rings (SSSR count). The van der Waals surface area contributed by atoms with Crippen LogP contribution in [0.4, 0.5) is 0 Å². The average molecular weight is 226 g/mol. The summed E-state index contributed by atoms with van der Waals surface area (Å²) in [6.07, 6.45) is 1.07. The molecular formula is C13H20ClN. The SMILES string of the molecule is CCN(CCCCl)Cc1ccc(C)cc1. The molecule has 0 aromatic heterocycles. The number of alkyl halides is 1. The Labute approximate surface area is 98.0 Å². The minimum Gasteiger partial charge on any atom is -0.299 e. The Balaban J connectivity index is 2.47. The largest absolute Gasteiger partial charge is 0.299 e. The Morgan fingerprint density at radius 1 is 1.20 bits per heavy atom. The summed E-state index contributed by atoms with van der Waals surface area (Å²) in [6, 6.07) is 8.76. The fourth-order valence-corrected chi connectivity index (χ4v) is 1.70. The van der Waals surface area contributed by atoms with Crippen molar-refractivity contribution in [1.29, 1.82) is 0 Å². The van der Waals surface area contributed by atoms with Crippen molar-refractivity contribution in [2.24, 2.45) is 0 Å². The molecule has 1 aromatic rings. The van der Waals surface area contributed by atoms with E-state index in [1.165, 1.54) is 11.1 Å². The molecular weight excluding hydrogens is 206 g/mol. The molecule has 2 heteroatoms. The Bertz CT molecular complexity index is 268. The Kier molecular flexibility index (Phi) is 5.74. The molecule has 0 atom stereocenters. The van der Waals surface area contributed by atoms with Gasteiger partial charge >= 0.3 is 0 Å². The molecule has 84 valence electrons. The van der Waals surface area contributed by atoms with Gasteiger partial charge in [-0.3, -0.25) is 4.90 Å². The van der Waals surface area contributed by atoms with Crippen LogP contribution in [-0.4, -0.2) is 23.9 Å². The highest BCUT2D eigenvalue weighted by molar-refractivity contribution is 6.17. The van der Waals surface area contributed by atoms with Crippen molar-refractivity contribution in [2.75, 3.05) is 19.0 Å². The average Bonchev–Trinajstić information content (AvgIpc) is 2.27. The Morgan fingerprint density at radius 3 is 2.40 bits per heavy atom. The first-order valence-corrected chi connectivity index (χ1v) is 6.13. The second kappa shape index (κ2) is 6.86. The highest BCUT2D eigenvalue weighted by atomic mass is 35.5. The van der Waals surface area contributed by atoms with E-state index in [0.717, 1.165) is 31.9 Å². The molecule has 1 aromatic carbocycles. The molecule has 0 aliphatic carbocycles. The predicted molar refractivity (Wildman–Crippen MR) is 67.5 cm³/mol. The van der Waals surface area contributed by atoms with Crippen molar-refractivity contribution < 1.29 is 0 Å². The highest BCUT2D eigenvalue weighted by Crippen LogP contribution is 2.07. The molecule has 0 bridgehead atoms. The van der Waals surface area contributed by atoms with Crippen LogP contribution in [0.1, 0.15) is 24.5 Å². The third-order valence-electron chi connectivity index (χ3n) is 2.58. The van der Waals surface area contributed by atoms with Gasteiger partial charge in [0.05, 0.1) is 0 Å². The van der Waals surface area contributed by atoms with E-state index in [2.05, 4.69) is 43.0 Å². The lowest BCUT2D eigenvalue weighted by molar-refractivity contribution is 0.281. The van der Waals surface area contributed by atoms with Crippen molar-refractivity contribution in [3.8, 4) is 0 Å². The van der Waals surface area contributed by atoms with E-state index in [1.807, 2.05) is 0 Å². The molecule has 1 nitrogen and oxygen atoms in total. The van der Waals surface area contributed by atoms with Gasteiger partial charge in [0, 0.05) is 12.4 Å². The Morgan fingerprint density at radius 2 is 1.87 bits per heavy atom. The topological polar surface area (TPSA) is 3.24 Å². The summed E-state index contributed by atoms with van der Waals surface area (Å²) in [5.74, 6) is 0.754. The van der Waals surface area contributed by atoms with Gasteiger partial charge < -0.3 is 0 Å². The van der Waals surface area contributed by atoms with Gasteiger partial charge in [0.15, 0.2) is 0 Å². The molecule has 0 fully saturated rings. The van der Waals surface area contributed by atoms with Crippen molar-refractivity contribution in [3.63, 3.8) is 0 Å². The van der Waals surface area contributed by atoms with E-state index in [-0.39, 0.29) is 0 Å². The van der Waals surface area contributed by atoms with Crippen LogP contribution in [0.15, 0.2) is 24.3 Å². The number of hydrogen-bond donors (Lipinski definition) is 0. The number of rotatable bonds is 6. The summed E-state index contributed by atoms with van der Waals surface area (Å²) in [4.78, 5) is 2.42. The number of aryl methyl sites for hydroxylation is 1. The molecule has 0 aliphatic rings. The molecule has 0 amide bonds. The van der Waals surface area contributed by atoms with Crippen molar-refractivity contribution >= 4 is 11.6 Å². The van der Waals surface area contributed by atoms with Crippen LogP contribution in [0.25, 0.3) is 0 Å². The maximum absolute atomic E-state index is 5.70. The van der Waals surface area contributed by atoms with E-state index in [0.29, 0.717) is 0 Å². The molecule has 0 heterocycles. The zero-order valence-electron chi connectivity index (χ0n) is 9.67.